The largest absolute Gasteiger partial charge is 0.495 e. The Bertz CT molecular complexity index is 671. The summed E-state index contributed by atoms with van der Waals surface area (Å²) < 4.78 is 6.30. The Morgan fingerprint density at radius 3 is 2.67 bits per heavy atom. The first-order chi connectivity index (χ1) is 10.0. The number of anilines is 1. The zero-order chi connectivity index (χ0) is 15.4. The minimum atomic E-state index is -0.959. The fourth-order valence-corrected chi connectivity index (χ4v) is 2.35. The molecule has 21 heavy (non-hydrogen) atoms. The molecule has 0 amide bonds. The molecule has 2 N–H and O–H groups in total. The van der Waals surface area contributed by atoms with Gasteiger partial charge in [-0.1, -0.05) is 28.1 Å². The van der Waals surface area contributed by atoms with Crippen molar-refractivity contribution in [3.63, 3.8) is 0 Å². The van der Waals surface area contributed by atoms with Crippen LogP contribution in [-0.2, 0) is 6.54 Å². The molecular formula is C16H16BrNO3. The van der Waals surface area contributed by atoms with Gasteiger partial charge in [-0.15, -0.1) is 0 Å². The van der Waals surface area contributed by atoms with E-state index in [9.17, 15) is 4.79 Å². The summed E-state index contributed by atoms with van der Waals surface area (Å²) in [6.07, 6.45) is 0. The molecule has 0 saturated heterocycles. The fraction of sp³-hybridized carbons (Fsp3) is 0.188. The van der Waals surface area contributed by atoms with E-state index >= 15 is 0 Å². The highest BCUT2D eigenvalue weighted by Crippen LogP contribution is 2.26. The topological polar surface area (TPSA) is 58.6 Å². The molecule has 0 atom stereocenters. The lowest BCUT2D eigenvalue weighted by molar-refractivity contribution is 0.0697. The second kappa shape index (κ2) is 6.63. The van der Waals surface area contributed by atoms with Gasteiger partial charge in [-0.3, -0.25) is 0 Å². The fourth-order valence-electron chi connectivity index (χ4n) is 1.92. The van der Waals surface area contributed by atoms with Crippen LogP contribution in [0.1, 0.15) is 21.5 Å². The molecule has 4 nitrogen and oxygen atoms in total. The summed E-state index contributed by atoms with van der Waals surface area (Å²) in [6.45, 7) is 2.61. The lowest BCUT2D eigenvalue weighted by Crippen LogP contribution is -2.04. The van der Waals surface area contributed by atoms with Crippen molar-refractivity contribution in [1.82, 2.24) is 0 Å². The monoisotopic (exact) mass is 349 g/mol. The van der Waals surface area contributed by atoms with E-state index in [2.05, 4.69) is 21.2 Å². The van der Waals surface area contributed by atoms with Gasteiger partial charge in [0.25, 0.3) is 0 Å². The Kier molecular flexibility index (Phi) is 4.85. The van der Waals surface area contributed by atoms with Crippen molar-refractivity contribution in [3.8, 4) is 5.75 Å². The molecule has 0 aliphatic heterocycles. The predicted octanol–water partition coefficient (Wildman–Crippen LogP) is 4.08. The SMILES string of the molecule is COc1ccc(C(=O)O)cc1NCc1ccc(C)c(Br)c1. The number of aryl methyl sites for hydroxylation is 1. The van der Waals surface area contributed by atoms with Crippen LogP contribution >= 0.6 is 15.9 Å². The average Bonchev–Trinajstić information content (AvgIpc) is 2.48. The van der Waals surface area contributed by atoms with Crippen molar-refractivity contribution in [2.24, 2.45) is 0 Å². The van der Waals surface area contributed by atoms with Crippen LogP contribution in [0, 0.1) is 6.92 Å². The zero-order valence-electron chi connectivity index (χ0n) is 11.8. The highest BCUT2D eigenvalue weighted by atomic mass is 79.9. The molecule has 0 unspecified atom stereocenters. The first kappa shape index (κ1) is 15.4. The highest BCUT2D eigenvalue weighted by molar-refractivity contribution is 9.10. The zero-order valence-corrected chi connectivity index (χ0v) is 13.4. The molecule has 2 aromatic carbocycles. The molecule has 0 bridgehead atoms. The molecule has 0 saturated carbocycles. The van der Waals surface area contributed by atoms with E-state index < -0.39 is 5.97 Å². The lowest BCUT2D eigenvalue weighted by Gasteiger charge is -2.12. The molecule has 110 valence electrons. The maximum atomic E-state index is 11.0. The number of hydrogen-bond donors (Lipinski definition) is 2. The minimum absolute atomic E-state index is 0.225. The number of ether oxygens (including phenoxy) is 1. The molecule has 0 aliphatic rings. The van der Waals surface area contributed by atoms with Gasteiger partial charge in [-0.2, -0.15) is 0 Å². The van der Waals surface area contributed by atoms with Crippen molar-refractivity contribution in [1.29, 1.82) is 0 Å². The molecular weight excluding hydrogens is 334 g/mol. The molecule has 0 aromatic heterocycles. The Morgan fingerprint density at radius 2 is 2.05 bits per heavy atom. The van der Waals surface area contributed by atoms with Gasteiger partial charge in [0.05, 0.1) is 18.4 Å². The third-order valence-corrected chi connectivity index (χ3v) is 4.02. The minimum Gasteiger partial charge on any atom is -0.495 e. The van der Waals surface area contributed by atoms with Gasteiger partial charge in [0.2, 0.25) is 0 Å². The van der Waals surface area contributed by atoms with Crippen LogP contribution in [-0.4, -0.2) is 18.2 Å². The number of hydrogen-bond acceptors (Lipinski definition) is 3. The number of rotatable bonds is 5. The van der Waals surface area contributed by atoms with E-state index in [1.165, 1.54) is 11.6 Å². The standard InChI is InChI=1S/C16H16BrNO3/c1-10-3-4-11(7-13(10)17)9-18-14-8-12(16(19)20)5-6-15(14)21-2/h3-8,18H,9H2,1-2H3,(H,19,20). The molecule has 0 radical (unpaired) electrons. The molecule has 0 fully saturated rings. The summed E-state index contributed by atoms with van der Waals surface area (Å²) in [5, 5.41) is 12.3. The van der Waals surface area contributed by atoms with Gasteiger partial charge in [0.15, 0.2) is 0 Å². The van der Waals surface area contributed by atoms with Gasteiger partial charge in [0, 0.05) is 11.0 Å². The highest BCUT2D eigenvalue weighted by Gasteiger charge is 2.09. The van der Waals surface area contributed by atoms with E-state index in [4.69, 9.17) is 9.84 Å². The van der Waals surface area contributed by atoms with Gasteiger partial charge >= 0.3 is 5.97 Å². The maximum Gasteiger partial charge on any atom is 0.335 e. The lowest BCUT2D eigenvalue weighted by atomic mass is 10.1. The number of aromatic carboxylic acids is 1. The predicted molar refractivity (Wildman–Crippen MR) is 86.2 cm³/mol. The number of methoxy groups -OCH3 is 1. The molecule has 0 aliphatic carbocycles. The summed E-state index contributed by atoms with van der Waals surface area (Å²) >= 11 is 3.50. The maximum absolute atomic E-state index is 11.0. The number of benzene rings is 2. The average molecular weight is 350 g/mol. The Labute approximate surface area is 131 Å². The van der Waals surface area contributed by atoms with E-state index in [1.54, 1.807) is 19.2 Å². The summed E-state index contributed by atoms with van der Waals surface area (Å²) in [5.74, 6) is -0.343. The number of carboxylic acids is 1. The molecule has 2 rings (SSSR count). The Hall–Kier alpha value is -2.01. The van der Waals surface area contributed by atoms with Crippen molar-refractivity contribution in [3.05, 3.63) is 57.6 Å². The first-order valence-electron chi connectivity index (χ1n) is 6.41. The Balaban J connectivity index is 2.19. The van der Waals surface area contributed by atoms with E-state index in [-0.39, 0.29) is 5.56 Å². The van der Waals surface area contributed by atoms with E-state index in [0.717, 1.165) is 10.0 Å². The van der Waals surface area contributed by atoms with Crippen LogP contribution in [0.2, 0.25) is 0 Å². The van der Waals surface area contributed by atoms with Crippen molar-refractivity contribution in [2.45, 2.75) is 13.5 Å². The smallest absolute Gasteiger partial charge is 0.335 e. The van der Waals surface area contributed by atoms with Crippen LogP contribution < -0.4 is 10.1 Å². The van der Waals surface area contributed by atoms with Crippen LogP contribution in [0.25, 0.3) is 0 Å². The number of nitrogens with one attached hydrogen (secondary N) is 1. The van der Waals surface area contributed by atoms with Crippen LogP contribution in [0.5, 0.6) is 5.75 Å². The third-order valence-electron chi connectivity index (χ3n) is 3.17. The van der Waals surface area contributed by atoms with Gasteiger partial charge in [-0.05, 0) is 42.3 Å². The second-order valence-corrected chi connectivity index (χ2v) is 5.51. The summed E-state index contributed by atoms with van der Waals surface area (Å²) in [4.78, 5) is 11.0. The van der Waals surface area contributed by atoms with Crippen LogP contribution in [0.4, 0.5) is 5.69 Å². The summed E-state index contributed by atoms with van der Waals surface area (Å²) in [6, 6.07) is 10.8. The molecule has 2 aromatic rings. The van der Waals surface area contributed by atoms with E-state index in [1.807, 2.05) is 25.1 Å². The Morgan fingerprint density at radius 1 is 1.29 bits per heavy atom. The molecule has 0 spiro atoms. The van der Waals surface area contributed by atoms with Crippen molar-refractivity contribution < 1.29 is 14.6 Å². The number of halogens is 1. The summed E-state index contributed by atoms with van der Waals surface area (Å²) in [7, 11) is 1.56. The quantitative estimate of drug-likeness (QED) is 0.853. The second-order valence-electron chi connectivity index (χ2n) is 4.66. The third kappa shape index (κ3) is 3.76. The number of carboxylic acid groups (broad SMARTS) is 1. The summed E-state index contributed by atoms with van der Waals surface area (Å²) in [5.41, 5.74) is 3.15. The van der Waals surface area contributed by atoms with Crippen molar-refractivity contribution in [2.75, 3.05) is 12.4 Å². The first-order valence-corrected chi connectivity index (χ1v) is 7.21. The normalized spacial score (nSPS) is 10.2. The van der Waals surface area contributed by atoms with Crippen molar-refractivity contribution >= 4 is 27.6 Å². The number of carbonyl (C=O) groups is 1. The van der Waals surface area contributed by atoms with E-state index in [0.29, 0.717) is 18.0 Å². The van der Waals surface area contributed by atoms with Crippen LogP contribution in [0.3, 0.4) is 0 Å². The van der Waals surface area contributed by atoms with Gasteiger partial charge < -0.3 is 15.2 Å². The molecule has 5 heteroatoms. The van der Waals surface area contributed by atoms with Crippen LogP contribution in [0.15, 0.2) is 40.9 Å². The molecule has 0 heterocycles. The van der Waals surface area contributed by atoms with Gasteiger partial charge in [0.1, 0.15) is 5.75 Å². The van der Waals surface area contributed by atoms with Gasteiger partial charge in [-0.25, -0.2) is 4.79 Å².